The van der Waals surface area contributed by atoms with Crippen molar-refractivity contribution >= 4 is 52.1 Å². The fraction of sp³-hybridized carbons (Fsp3) is 0.333. The number of nitrogens with one attached hydrogen (secondary N) is 1. The minimum absolute atomic E-state index is 0.310. The Morgan fingerprint density at radius 2 is 1.88 bits per heavy atom. The highest BCUT2D eigenvalue weighted by Gasteiger charge is 2.23. The molecule has 25 heavy (non-hydrogen) atoms. The van der Waals surface area contributed by atoms with Crippen molar-refractivity contribution in [2.45, 2.75) is 38.7 Å². The molecule has 1 atom stereocenters. The van der Waals surface area contributed by atoms with Gasteiger partial charge in [0.1, 0.15) is 4.88 Å². The molecule has 0 bridgehead atoms. The normalized spacial score (nSPS) is 14.5. The van der Waals surface area contributed by atoms with Crippen molar-refractivity contribution in [2.75, 3.05) is 5.32 Å². The SMILES string of the molecule is C[C@@H](OC(=O)c1cc2c(s1)CCCC2)C(=O)Nc1c(Cl)cccc1Cl. The highest BCUT2D eigenvalue weighted by Crippen LogP contribution is 2.31. The summed E-state index contributed by atoms with van der Waals surface area (Å²) in [6.45, 7) is 1.52. The van der Waals surface area contributed by atoms with E-state index in [1.165, 1.54) is 28.7 Å². The van der Waals surface area contributed by atoms with Gasteiger partial charge in [0.15, 0.2) is 6.10 Å². The molecular weight excluding hydrogens is 381 g/mol. The van der Waals surface area contributed by atoms with Crippen LogP contribution in [0.4, 0.5) is 5.69 Å². The van der Waals surface area contributed by atoms with E-state index in [1.807, 2.05) is 6.07 Å². The molecule has 1 amide bonds. The van der Waals surface area contributed by atoms with Crippen molar-refractivity contribution in [3.05, 3.63) is 49.6 Å². The average Bonchev–Trinajstić information content (AvgIpc) is 3.02. The van der Waals surface area contributed by atoms with Gasteiger partial charge in [-0.1, -0.05) is 29.3 Å². The predicted octanol–water partition coefficient (Wildman–Crippen LogP) is 5.12. The van der Waals surface area contributed by atoms with Gasteiger partial charge in [0.05, 0.1) is 15.7 Å². The Hall–Kier alpha value is -1.56. The van der Waals surface area contributed by atoms with E-state index in [0.717, 1.165) is 25.7 Å². The third-order valence-electron chi connectivity index (χ3n) is 4.06. The lowest BCUT2D eigenvalue weighted by Gasteiger charge is -2.14. The van der Waals surface area contributed by atoms with Crippen LogP contribution in [-0.4, -0.2) is 18.0 Å². The summed E-state index contributed by atoms with van der Waals surface area (Å²) in [5.74, 6) is -0.961. The van der Waals surface area contributed by atoms with Gasteiger partial charge in [0, 0.05) is 4.88 Å². The highest BCUT2D eigenvalue weighted by molar-refractivity contribution is 7.14. The molecular formula is C18H17Cl2NO3S. The van der Waals surface area contributed by atoms with Gasteiger partial charge in [-0.3, -0.25) is 4.79 Å². The number of para-hydroxylation sites is 1. The maximum atomic E-state index is 12.3. The van der Waals surface area contributed by atoms with Crippen molar-refractivity contribution < 1.29 is 14.3 Å². The van der Waals surface area contributed by atoms with Crippen LogP contribution in [0, 0.1) is 0 Å². The number of carbonyl (C=O) groups excluding carboxylic acids is 2. The van der Waals surface area contributed by atoms with E-state index in [9.17, 15) is 9.59 Å². The Kier molecular flexibility index (Phi) is 5.67. The number of halogens is 2. The van der Waals surface area contributed by atoms with Crippen molar-refractivity contribution in [1.29, 1.82) is 0 Å². The lowest BCUT2D eigenvalue weighted by atomic mass is 9.99. The fourth-order valence-electron chi connectivity index (χ4n) is 2.71. The van der Waals surface area contributed by atoms with Crippen LogP contribution in [-0.2, 0) is 22.4 Å². The van der Waals surface area contributed by atoms with Crippen molar-refractivity contribution in [2.24, 2.45) is 0 Å². The molecule has 1 N–H and O–H groups in total. The van der Waals surface area contributed by atoms with E-state index in [0.29, 0.717) is 20.6 Å². The number of benzene rings is 1. The Labute approximate surface area is 160 Å². The Bertz CT molecular complexity index is 775. The molecule has 1 aromatic heterocycles. The summed E-state index contributed by atoms with van der Waals surface area (Å²) in [7, 11) is 0. The summed E-state index contributed by atoms with van der Waals surface area (Å²) in [5.41, 5.74) is 1.54. The van der Waals surface area contributed by atoms with E-state index in [4.69, 9.17) is 27.9 Å². The van der Waals surface area contributed by atoms with E-state index >= 15 is 0 Å². The number of anilines is 1. The van der Waals surface area contributed by atoms with Gasteiger partial charge in [0.25, 0.3) is 5.91 Å². The van der Waals surface area contributed by atoms with Crippen LogP contribution in [0.2, 0.25) is 10.0 Å². The van der Waals surface area contributed by atoms with Gasteiger partial charge in [-0.05, 0) is 56.4 Å². The van der Waals surface area contributed by atoms with E-state index in [-0.39, 0.29) is 0 Å². The predicted molar refractivity (Wildman–Crippen MR) is 101 cm³/mol. The van der Waals surface area contributed by atoms with Crippen molar-refractivity contribution in [1.82, 2.24) is 0 Å². The third-order valence-corrected chi connectivity index (χ3v) is 5.91. The number of amides is 1. The van der Waals surface area contributed by atoms with Crippen molar-refractivity contribution in [3.8, 4) is 0 Å². The summed E-state index contributed by atoms with van der Waals surface area (Å²) < 4.78 is 5.30. The third kappa shape index (κ3) is 4.17. The number of aryl methyl sites for hydroxylation is 2. The Morgan fingerprint density at radius 3 is 2.56 bits per heavy atom. The van der Waals surface area contributed by atoms with Crippen LogP contribution >= 0.6 is 34.5 Å². The lowest BCUT2D eigenvalue weighted by Crippen LogP contribution is -2.30. The first kappa shape index (κ1) is 18.2. The second kappa shape index (κ2) is 7.77. The van der Waals surface area contributed by atoms with Crippen LogP contribution in [0.1, 0.15) is 39.9 Å². The molecule has 4 nitrogen and oxygen atoms in total. The maximum Gasteiger partial charge on any atom is 0.349 e. The summed E-state index contributed by atoms with van der Waals surface area (Å²) in [6.07, 6.45) is 3.35. The number of ether oxygens (including phenoxy) is 1. The highest BCUT2D eigenvalue weighted by atomic mass is 35.5. The number of hydrogen-bond acceptors (Lipinski definition) is 4. The largest absolute Gasteiger partial charge is 0.448 e. The van der Waals surface area contributed by atoms with Gasteiger partial charge >= 0.3 is 5.97 Å². The zero-order valence-corrected chi connectivity index (χ0v) is 15.9. The number of thiophene rings is 1. The first-order valence-corrected chi connectivity index (χ1v) is 9.60. The molecule has 132 valence electrons. The monoisotopic (exact) mass is 397 g/mol. The lowest BCUT2D eigenvalue weighted by molar-refractivity contribution is -0.123. The van der Waals surface area contributed by atoms with Crippen LogP contribution in [0.15, 0.2) is 24.3 Å². The zero-order chi connectivity index (χ0) is 18.0. The molecule has 0 aliphatic heterocycles. The number of rotatable bonds is 4. The fourth-order valence-corrected chi connectivity index (χ4v) is 4.33. The van der Waals surface area contributed by atoms with E-state index < -0.39 is 18.0 Å². The van der Waals surface area contributed by atoms with Crippen LogP contribution in [0.5, 0.6) is 0 Å². The maximum absolute atomic E-state index is 12.3. The molecule has 0 radical (unpaired) electrons. The molecule has 3 rings (SSSR count). The number of hydrogen-bond donors (Lipinski definition) is 1. The van der Waals surface area contributed by atoms with Gasteiger partial charge < -0.3 is 10.1 Å². The summed E-state index contributed by atoms with van der Waals surface area (Å²) in [4.78, 5) is 26.4. The van der Waals surface area contributed by atoms with E-state index in [2.05, 4.69) is 5.32 Å². The minimum atomic E-state index is -0.959. The molecule has 0 saturated carbocycles. The Morgan fingerprint density at radius 1 is 1.20 bits per heavy atom. The standard InChI is InChI=1S/C18H17Cl2NO3S/c1-10(17(22)21-16-12(19)6-4-7-13(16)20)24-18(23)15-9-11-5-2-3-8-14(11)25-15/h4,6-7,9-10H,2-3,5,8H2,1H3,(H,21,22)/t10-/m1/s1. The second-order valence-electron chi connectivity index (χ2n) is 5.90. The van der Waals surface area contributed by atoms with Gasteiger partial charge in [-0.25, -0.2) is 4.79 Å². The number of fused-ring (bicyclic) bond motifs is 1. The minimum Gasteiger partial charge on any atom is -0.448 e. The summed E-state index contributed by atoms with van der Waals surface area (Å²) in [6, 6.07) is 6.81. The first-order valence-electron chi connectivity index (χ1n) is 8.03. The van der Waals surface area contributed by atoms with Gasteiger partial charge in [-0.15, -0.1) is 11.3 Å². The first-order chi connectivity index (χ1) is 12.0. The molecule has 1 aliphatic rings. The number of esters is 1. The number of carbonyl (C=O) groups is 2. The van der Waals surface area contributed by atoms with E-state index in [1.54, 1.807) is 18.2 Å². The molecule has 1 heterocycles. The summed E-state index contributed by atoms with van der Waals surface area (Å²) >= 11 is 13.5. The van der Waals surface area contributed by atoms with Gasteiger partial charge in [0.2, 0.25) is 0 Å². The molecule has 0 unspecified atom stereocenters. The molecule has 1 aromatic carbocycles. The quantitative estimate of drug-likeness (QED) is 0.728. The smallest absolute Gasteiger partial charge is 0.349 e. The molecule has 0 spiro atoms. The molecule has 7 heteroatoms. The van der Waals surface area contributed by atoms with Crippen LogP contribution in [0.3, 0.4) is 0 Å². The molecule has 0 saturated heterocycles. The van der Waals surface area contributed by atoms with Gasteiger partial charge in [-0.2, -0.15) is 0 Å². The topological polar surface area (TPSA) is 55.4 Å². The van der Waals surface area contributed by atoms with Crippen LogP contribution in [0.25, 0.3) is 0 Å². The van der Waals surface area contributed by atoms with Crippen molar-refractivity contribution in [3.63, 3.8) is 0 Å². The second-order valence-corrected chi connectivity index (χ2v) is 7.85. The van der Waals surface area contributed by atoms with Crippen LogP contribution < -0.4 is 5.32 Å². The Balaban J connectivity index is 1.65. The zero-order valence-electron chi connectivity index (χ0n) is 13.6. The molecule has 0 fully saturated rings. The average molecular weight is 398 g/mol. The molecule has 1 aliphatic carbocycles. The summed E-state index contributed by atoms with van der Waals surface area (Å²) in [5, 5.41) is 3.26. The molecule has 2 aromatic rings.